The second-order valence-electron chi connectivity index (χ2n) is 5.81. The van der Waals surface area contributed by atoms with Crippen LogP contribution in [0.15, 0.2) is 34.8 Å². The Labute approximate surface area is 135 Å². The van der Waals surface area contributed by atoms with E-state index >= 15 is 0 Å². The molecule has 2 aromatic rings. The van der Waals surface area contributed by atoms with E-state index < -0.39 is 0 Å². The van der Waals surface area contributed by atoms with Crippen LogP contribution in [0.1, 0.15) is 39.4 Å². The quantitative estimate of drug-likeness (QED) is 0.634. The molecule has 0 amide bonds. The molecule has 0 aromatic heterocycles. The number of rotatable bonds is 4. The third kappa shape index (κ3) is 3.73. The van der Waals surface area contributed by atoms with E-state index in [4.69, 9.17) is 5.84 Å². The van der Waals surface area contributed by atoms with Crippen LogP contribution in [0, 0.1) is 27.7 Å². The van der Waals surface area contributed by atoms with Crippen LogP contribution >= 0.6 is 15.9 Å². The first-order chi connectivity index (χ1) is 9.92. The summed E-state index contributed by atoms with van der Waals surface area (Å²) in [5.41, 5.74) is 10.8. The summed E-state index contributed by atoms with van der Waals surface area (Å²) in [4.78, 5) is 0. The predicted octanol–water partition coefficient (Wildman–Crippen LogP) is 4.43. The van der Waals surface area contributed by atoms with Crippen molar-refractivity contribution in [3.8, 4) is 0 Å². The standard InChI is InChI=1S/C18H23BrN2/c1-11-7-12(2)16(13(3)8-11)10-18(21-20)15-5-6-17(19)14(4)9-15/h5-9,18,21H,10,20H2,1-4H3. The Morgan fingerprint density at radius 2 is 1.62 bits per heavy atom. The van der Waals surface area contributed by atoms with Gasteiger partial charge in [-0.3, -0.25) is 11.3 Å². The zero-order chi connectivity index (χ0) is 15.6. The third-order valence-electron chi connectivity index (χ3n) is 4.03. The second-order valence-corrected chi connectivity index (χ2v) is 6.66. The monoisotopic (exact) mass is 346 g/mol. The lowest BCUT2D eigenvalue weighted by Gasteiger charge is -2.20. The highest BCUT2D eigenvalue weighted by Crippen LogP contribution is 2.26. The smallest absolute Gasteiger partial charge is 0.0500 e. The molecule has 21 heavy (non-hydrogen) atoms. The maximum absolute atomic E-state index is 5.81. The van der Waals surface area contributed by atoms with Crippen LogP contribution in [0.3, 0.4) is 0 Å². The maximum Gasteiger partial charge on any atom is 0.0500 e. The van der Waals surface area contributed by atoms with Gasteiger partial charge in [0.2, 0.25) is 0 Å². The Bertz CT molecular complexity index is 627. The molecule has 1 unspecified atom stereocenters. The summed E-state index contributed by atoms with van der Waals surface area (Å²) in [7, 11) is 0. The van der Waals surface area contributed by atoms with Crippen LogP contribution in [-0.4, -0.2) is 0 Å². The fourth-order valence-corrected chi connectivity index (χ4v) is 3.14. The number of nitrogens with two attached hydrogens (primary N) is 1. The van der Waals surface area contributed by atoms with Gasteiger partial charge in [0, 0.05) is 4.47 Å². The Balaban J connectivity index is 2.33. The third-order valence-corrected chi connectivity index (χ3v) is 4.92. The van der Waals surface area contributed by atoms with Crippen molar-refractivity contribution in [1.82, 2.24) is 5.43 Å². The molecule has 3 N–H and O–H groups in total. The first kappa shape index (κ1) is 16.2. The van der Waals surface area contributed by atoms with Gasteiger partial charge in [0.15, 0.2) is 0 Å². The molecule has 1 atom stereocenters. The molecule has 2 nitrogen and oxygen atoms in total. The molecule has 2 rings (SSSR count). The summed E-state index contributed by atoms with van der Waals surface area (Å²) in [5, 5.41) is 0. The minimum Gasteiger partial charge on any atom is -0.271 e. The number of aryl methyl sites for hydroxylation is 4. The Kier molecular flexibility index (Phi) is 5.20. The topological polar surface area (TPSA) is 38.0 Å². The predicted molar refractivity (Wildman–Crippen MR) is 93.3 cm³/mol. The molecule has 0 bridgehead atoms. The van der Waals surface area contributed by atoms with E-state index in [-0.39, 0.29) is 6.04 Å². The lowest BCUT2D eigenvalue weighted by atomic mass is 9.91. The molecule has 0 saturated heterocycles. The van der Waals surface area contributed by atoms with Gasteiger partial charge in [-0.25, -0.2) is 0 Å². The van der Waals surface area contributed by atoms with Crippen molar-refractivity contribution in [2.24, 2.45) is 5.84 Å². The van der Waals surface area contributed by atoms with Crippen molar-refractivity contribution in [3.63, 3.8) is 0 Å². The van der Waals surface area contributed by atoms with E-state index in [2.05, 4.69) is 79.4 Å². The molecular weight excluding hydrogens is 324 g/mol. The fraction of sp³-hybridized carbons (Fsp3) is 0.333. The van der Waals surface area contributed by atoms with E-state index in [1.165, 1.54) is 33.4 Å². The van der Waals surface area contributed by atoms with Gasteiger partial charge in [-0.1, -0.05) is 45.8 Å². The zero-order valence-electron chi connectivity index (χ0n) is 13.1. The molecule has 0 spiro atoms. The molecular formula is C18H23BrN2. The van der Waals surface area contributed by atoms with Crippen LogP contribution < -0.4 is 11.3 Å². The number of hydrazine groups is 1. The molecule has 3 heteroatoms. The van der Waals surface area contributed by atoms with Gasteiger partial charge >= 0.3 is 0 Å². The van der Waals surface area contributed by atoms with Crippen molar-refractivity contribution < 1.29 is 0 Å². The number of nitrogens with one attached hydrogen (secondary N) is 1. The molecule has 0 fully saturated rings. The first-order valence-corrected chi connectivity index (χ1v) is 8.00. The summed E-state index contributed by atoms with van der Waals surface area (Å²) in [6.45, 7) is 8.59. The molecule has 0 heterocycles. The number of hydrogen-bond donors (Lipinski definition) is 2. The van der Waals surface area contributed by atoms with Gasteiger partial charge in [-0.15, -0.1) is 0 Å². The van der Waals surface area contributed by atoms with Crippen molar-refractivity contribution in [2.45, 2.75) is 40.2 Å². The Morgan fingerprint density at radius 3 is 2.14 bits per heavy atom. The fourth-order valence-electron chi connectivity index (χ4n) is 2.89. The summed E-state index contributed by atoms with van der Waals surface area (Å²) in [6.07, 6.45) is 0.898. The highest BCUT2D eigenvalue weighted by Gasteiger charge is 2.14. The van der Waals surface area contributed by atoms with Crippen LogP contribution in [0.5, 0.6) is 0 Å². The van der Waals surface area contributed by atoms with Crippen molar-refractivity contribution in [1.29, 1.82) is 0 Å². The minimum atomic E-state index is 0.122. The molecule has 112 valence electrons. The summed E-state index contributed by atoms with van der Waals surface area (Å²) in [5.74, 6) is 5.81. The number of halogens is 1. The highest BCUT2D eigenvalue weighted by atomic mass is 79.9. The molecule has 0 aliphatic heterocycles. The number of benzene rings is 2. The minimum absolute atomic E-state index is 0.122. The van der Waals surface area contributed by atoms with Gasteiger partial charge in [-0.2, -0.15) is 0 Å². The summed E-state index contributed by atoms with van der Waals surface area (Å²) >= 11 is 3.55. The average molecular weight is 347 g/mol. The van der Waals surface area contributed by atoms with Crippen molar-refractivity contribution in [2.75, 3.05) is 0 Å². The summed E-state index contributed by atoms with van der Waals surface area (Å²) < 4.78 is 1.13. The van der Waals surface area contributed by atoms with Gasteiger partial charge < -0.3 is 0 Å². The summed E-state index contributed by atoms with van der Waals surface area (Å²) in [6, 6.07) is 11.0. The first-order valence-electron chi connectivity index (χ1n) is 7.21. The lowest BCUT2D eigenvalue weighted by molar-refractivity contribution is 0.549. The van der Waals surface area contributed by atoms with Gasteiger partial charge in [0.1, 0.15) is 0 Å². The molecule has 0 saturated carbocycles. The second kappa shape index (κ2) is 6.73. The van der Waals surface area contributed by atoms with Crippen LogP contribution in [0.4, 0.5) is 0 Å². The SMILES string of the molecule is Cc1cc(C)c(CC(NN)c2ccc(Br)c(C)c2)c(C)c1. The van der Waals surface area contributed by atoms with Gasteiger partial charge in [0.05, 0.1) is 6.04 Å². The maximum atomic E-state index is 5.81. The van der Waals surface area contributed by atoms with Crippen molar-refractivity contribution >= 4 is 15.9 Å². The van der Waals surface area contributed by atoms with Crippen LogP contribution in [0.2, 0.25) is 0 Å². The highest BCUT2D eigenvalue weighted by molar-refractivity contribution is 9.10. The Hall–Kier alpha value is -1.16. The molecule has 2 aromatic carbocycles. The van der Waals surface area contributed by atoms with E-state index in [1.807, 2.05) is 0 Å². The molecule has 0 radical (unpaired) electrons. The average Bonchev–Trinajstić information content (AvgIpc) is 2.41. The van der Waals surface area contributed by atoms with Gasteiger partial charge in [0.25, 0.3) is 0 Å². The number of hydrogen-bond acceptors (Lipinski definition) is 2. The Morgan fingerprint density at radius 1 is 1.00 bits per heavy atom. The van der Waals surface area contributed by atoms with Gasteiger partial charge in [-0.05, 0) is 68.0 Å². The normalized spacial score (nSPS) is 12.5. The van der Waals surface area contributed by atoms with Crippen LogP contribution in [0.25, 0.3) is 0 Å². The molecule has 0 aliphatic rings. The van der Waals surface area contributed by atoms with Crippen molar-refractivity contribution in [3.05, 3.63) is 68.2 Å². The zero-order valence-corrected chi connectivity index (χ0v) is 14.7. The van der Waals surface area contributed by atoms with E-state index in [9.17, 15) is 0 Å². The lowest BCUT2D eigenvalue weighted by Crippen LogP contribution is -2.30. The van der Waals surface area contributed by atoms with E-state index in [0.717, 1.165) is 10.9 Å². The largest absolute Gasteiger partial charge is 0.271 e. The van der Waals surface area contributed by atoms with E-state index in [1.54, 1.807) is 0 Å². The molecule has 0 aliphatic carbocycles. The van der Waals surface area contributed by atoms with Crippen LogP contribution in [-0.2, 0) is 6.42 Å². The van der Waals surface area contributed by atoms with E-state index in [0.29, 0.717) is 0 Å².